The number of halogens is 3. The number of amides is 1. The Kier molecular flexibility index (Phi) is 4.03. The highest BCUT2D eigenvalue weighted by Gasteiger charge is 2.30. The van der Waals surface area contributed by atoms with Gasteiger partial charge in [-0.05, 0) is 19.1 Å². The molecule has 0 bridgehead atoms. The van der Waals surface area contributed by atoms with Gasteiger partial charge in [-0.2, -0.15) is 13.2 Å². The first-order valence-electron chi connectivity index (χ1n) is 5.59. The van der Waals surface area contributed by atoms with Crippen LogP contribution in [0.5, 0.6) is 0 Å². The van der Waals surface area contributed by atoms with Crippen LogP contribution in [0.4, 0.5) is 19.0 Å². The van der Waals surface area contributed by atoms with Crippen LogP contribution >= 0.6 is 11.3 Å². The first kappa shape index (κ1) is 14.4. The quantitative estimate of drug-likeness (QED) is 0.948. The summed E-state index contributed by atoms with van der Waals surface area (Å²) in [4.78, 5) is 19.4. The number of hydrogen-bond acceptors (Lipinski definition) is 4. The van der Waals surface area contributed by atoms with Crippen molar-refractivity contribution in [2.75, 3.05) is 5.32 Å². The highest BCUT2D eigenvalue weighted by molar-refractivity contribution is 7.09. The zero-order valence-corrected chi connectivity index (χ0v) is 11.2. The molecule has 0 unspecified atom stereocenters. The third kappa shape index (κ3) is 3.77. The summed E-state index contributed by atoms with van der Waals surface area (Å²) >= 11 is 1.43. The topological polar surface area (TPSA) is 54.9 Å². The molecule has 0 spiro atoms. The maximum atomic E-state index is 12.3. The molecule has 0 fully saturated rings. The van der Waals surface area contributed by atoms with E-state index in [0.717, 1.165) is 17.1 Å². The molecule has 1 amide bonds. The van der Waals surface area contributed by atoms with Crippen LogP contribution in [0.1, 0.15) is 16.3 Å². The molecule has 0 radical (unpaired) electrons. The van der Waals surface area contributed by atoms with Crippen LogP contribution in [0.3, 0.4) is 0 Å². The van der Waals surface area contributed by atoms with Crippen LogP contribution in [-0.4, -0.2) is 15.9 Å². The van der Waals surface area contributed by atoms with Crippen molar-refractivity contribution in [1.29, 1.82) is 0 Å². The fourth-order valence-electron chi connectivity index (χ4n) is 1.48. The fraction of sp³-hybridized carbons (Fsp3) is 0.250. The first-order valence-corrected chi connectivity index (χ1v) is 6.46. The number of pyridine rings is 1. The Labute approximate surface area is 116 Å². The summed E-state index contributed by atoms with van der Waals surface area (Å²) in [6.07, 6.45) is -3.69. The van der Waals surface area contributed by atoms with Crippen molar-refractivity contribution < 1.29 is 18.0 Å². The number of thiazole rings is 1. The third-order valence-corrected chi connectivity index (χ3v) is 3.19. The number of alkyl halides is 3. The molecule has 2 rings (SSSR count). The maximum absolute atomic E-state index is 12.3. The van der Waals surface area contributed by atoms with Gasteiger partial charge in [-0.25, -0.2) is 9.97 Å². The lowest BCUT2D eigenvalue weighted by Gasteiger charge is -2.07. The molecule has 4 nitrogen and oxygen atoms in total. The van der Waals surface area contributed by atoms with Gasteiger partial charge in [0.2, 0.25) is 5.91 Å². The predicted molar refractivity (Wildman–Crippen MR) is 68.4 cm³/mol. The van der Waals surface area contributed by atoms with Gasteiger partial charge in [-0.15, -0.1) is 11.3 Å². The van der Waals surface area contributed by atoms with Gasteiger partial charge in [-0.1, -0.05) is 0 Å². The number of carbonyl (C=O) groups excluding carboxylic acids is 1. The van der Waals surface area contributed by atoms with E-state index in [9.17, 15) is 18.0 Å². The zero-order chi connectivity index (χ0) is 14.8. The number of nitrogens with one attached hydrogen (secondary N) is 1. The van der Waals surface area contributed by atoms with Crippen molar-refractivity contribution in [2.24, 2.45) is 0 Å². The van der Waals surface area contributed by atoms with E-state index in [1.165, 1.54) is 11.3 Å². The molecule has 0 aliphatic heterocycles. The van der Waals surface area contributed by atoms with E-state index in [-0.39, 0.29) is 18.1 Å². The molecular weight excluding hydrogens is 291 g/mol. The standard InChI is InChI=1S/C12H10F3N3OS/c1-7-17-9(6-20-7)4-11(19)18-10-3-2-8(5-16-10)12(13,14)15/h2-3,5-6H,4H2,1H3,(H,16,18,19). The minimum Gasteiger partial charge on any atom is -0.310 e. The van der Waals surface area contributed by atoms with E-state index < -0.39 is 11.7 Å². The monoisotopic (exact) mass is 301 g/mol. The average molecular weight is 301 g/mol. The molecule has 20 heavy (non-hydrogen) atoms. The molecule has 106 valence electrons. The molecule has 0 saturated carbocycles. The number of anilines is 1. The molecule has 0 atom stereocenters. The number of nitrogens with zero attached hydrogens (tertiary/aromatic N) is 2. The van der Waals surface area contributed by atoms with Crippen molar-refractivity contribution >= 4 is 23.1 Å². The van der Waals surface area contributed by atoms with Crippen LogP contribution in [0, 0.1) is 6.92 Å². The molecule has 0 aliphatic carbocycles. The lowest BCUT2D eigenvalue weighted by atomic mass is 10.2. The smallest absolute Gasteiger partial charge is 0.310 e. The molecule has 0 saturated heterocycles. The molecular formula is C12H10F3N3OS. The summed E-state index contributed by atoms with van der Waals surface area (Å²) in [7, 11) is 0. The lowest BCUT2D eigenvalue weighted by molar-refractivity contribution is -0.137. The summed E-state index contributed by atoms with van der Waals surface area (Å²) in [6.45, 7) is 1.82. The van der Waals surface area contributed by atoms with Crippen LogP contribution in [0.2, 0.25) is 0 Å². The Morgan fingerprint density at radius 3 is 2.65 bits per heavy atom. The number of aryl methyl sites for hydroxylation is 1. The van der Waals surface area contributed by atoms with Gasteiger partial charge < -0.3 is 5.32 Å². The van der Waals surface area contributed by atoms with E-state index in [1.807, 2.05) is 6.92 Å². The number of carbonyl (C=O) groups is 1. The van der Waals surface area contributed by atoms with Crippen molar-refractivity contribution in [1.82, 2.24) is 9.97 Å². The molecule has 2 aromatic rings. The summed E-state index contributed by atoms with van der Waals surface area (Å²) in [5.74, 6) is -0.294. The molecule has 1 N–H and O–H groups in total. The van der Waals surface area contributed by atoms with Gasteiger partial charge in [-0.3, -0.25) is 4.79 Å². The van der Waals surface area contributed by atoms with Crippen LogP contribution in [-0.2, 0) is 17.4 Å². The molecule has 0 aliphatic rings. The Morgan fingerprint density at radius 1 is 1.40 bits per heavy atom. The normalized spacial score (nSPS) is 11.4. The SMILES string of the molecule is Cc1nc(CC(=O)Nc2ccc(C(F)(F)F)cn2)cs1. The van der Waals surface area contributed by atoms with E-state index in [4.69, 9.17) is 0 Å². The Balaban J connectivity index is 1.98. The first-order chi connectivity index (χ1) is 9.34. The lowest BCUT2D eigenvalue weighted by Crippen LogP contribution is -2.16. The average Bonchev–Trinajstić information content (AvgIpc) is 2.74. The molecule has 0 aromatic carbocycles. The molecule has 8 heteroatoms. The highest BCUT2D eigenvalue weighted by atomic mass is 32.1. The largest absolute Gasteiger partial charge is 0.417 e. The Morgan fingerprint density at radius 2 is 2.15 bits per heavy atom. The van der Waals surface area contributed by atoms with Gasteiger partial charge >= 0.3 is 6.18 Å². The fourth-order valence-corrected chi connectivity index (χ4v) is 2.09. The van der Waals surface area contributed by atoms with Crippen molar-refractivity contribution in [2.45, 2.75) is 19.5 Å². The van der Waals surface area contributed by atoms with Crippen molar-refractivity contribution in [3.05, 3.63) is 40.0 Å². The van der Waals surface area contributed by atoms with Gasteiger partial charge in [0.1, 0.15) is 5.82 Å². The summed E-state index contributed by atoms with van der Waals surface area (Å²) in [5.41, 5.74) is -0.234. The second-order valence-corrected chi connectivity index (χ2v) is 5.07. The van der Waals surface area contributed by atoms with Crippen molar-refractivity contribution in [3.63, 3.8) is 0 Å². The van der Waals surface area contributed by atoms with E-state index >= 15 is 0 Å². The third-order valence-electron chi connectivity index (χ3n) is 2.37. The van der Waals surface area contributed by atoms with Crippen LogP contribution < -0.4 is 5.32 Å². The van der Waals surface area contributed by atoms with E-state index in [1.54, 1.807) is 5.38 Å². The molecule has 2 heterocycles. The minimum atomic E-state index is -4.44. The number of aromatic nitrogens is 2. The van der Waals surface area contributed by atoms with Gasteiger partial charge in [0.25, 0.3) is 0 Å². The summed E-state index contributed by atoms with van der Waals surface area (Å²) in [5, 5.41) is 5.03. The Bertz CT molecular complexity index is 607. The second kappa shape index (κ2) is 5.58. The highest BCUT2D eigenvalue weighted by Crippen LogP contribution is 2.28. The minimum absolute atomic E-state index is 0.0625. The molecule has 2 aromatic heterocycles. The van der Waals surface area contributed by atoms with Crippen LogP contribution in [0.15, 0.2) is 23.7 Å². The van der Waals surface area contributed by atoms with E-state index in [2.05, 4.69) is 15.3 Å². The number of hydrogen-bond donors (Lipinski definition) is 1. The van der Waals surface area contributed by atoms with Gasteiger partial charge in [0, 0.05) is 11.6 Å². The number of rotatable bonds is 3. The van der Waals surface area contributed by atoms with Gasteiger partial charge in [0.15, 0.2) is 0 Å². The zero-order valence-electron chi connectivity index (χ0n) is 10.4. The second-order valence-electron chi connectivity index (χ2n) is 4.01. The van der Waals surface area contributed by atoms with Crippen molar-refractivity contribution in [3.8, 4) is 0 Å². The van der Waals surface area contributed by atoms with E-state index in [0.29, 0.717) is 11.9 Å². The summed E-state index contributed by atoms with van der Waals surface area (Å²) < 4.78 is 37.0. The Hall–Kier alpha value is -1.96. The van der Waals surface area contributed by atoms with Gasteiger partial charge in [0.05, 0.1) is 22.7 Å². The van der Waals surface area contributed by atoms with Crippen LogP contribution in [0.25, 0.3) is 0 Å². The maximum Gasteiger partial charge on any atom is 0.417 e. The predicted octanol–water partition coefficient (Wildman–Crippen LogP) is 3.05. The summed E-state index contributed by atoms with van der Waals surface area (Å²) in [6, 6.07) is 1.99.